The first-order valence-corrected chi connectivity index (χ1v) is 9.73. The van der Waals surface area contributed by atoms with Crippen LogP contribution in [0.2, 0.25) is 5.02 Å². The summed E-state index contributed by atoms with van der Waals surface area (Å²) in [6, 6.07) is 8.26. The minimum absolute atomic E-state index is 0.161. The van der Waals surface area contributed by atoms with E-state index >= 15 is 0 Å². The fourth-order valence-electron chi connectivity index (χ4n) is 1.89. The molecule has 0 fully saturated rings. The Morgan fingerprint density at radius 1 is 1.20 bits per heavy atom. The number of nitrogens with one attached hydrogen (secondary N) is 1. The molecule has 20 heavy (non-hydrogen) atoms. The average molecular weight is 502 g/mol. The van der Waals surface area contributed by atoms with Crippen LogP contribution in [-0.4, -0.2) is 6.54 Å². The van der Waals surface area contributed by atoms with E-state index in [2.05, 4.69) is 72.2 Å². The quantitative estimate of drug-likeness (QED) is 0.476. The van der Waals surface area contributed by atoms with Gasteiger partial charge < -0.3 is 5.32 Å². The smallest absolute Gasteiger partial charge is 0.0843 e. The molecule has 0 saturated heterocycles. The van der Waals surface area contributed by atoms with Gasteiger partial charge in [-0.3, -0.25) is 0 Å². The Labute approximate surface area is 153 Å². The van der Waals surface area contributed by atoms with Gasteiger partial charge in [-0.05, 0) is 68.6 Å². The van der Waals surface area contributed by atoms with Crippen molar-refractivity contribution < 1.29 is 0 Å². The van der Waals surface area contributed by atoms with Crippen molar-refractivity contribution in [3.63, 3.8) is 0 Å². The van der Waals surface area contributed by atoms with Gasteiger partial charge in [0, 0.05) is 18.8 Å². The van der Waals surface area contributed by atoms with Crippen LogP contribution in [0.1, 0.15) is 29.8 Å². The van der Waals surface area contributed by atoms with Crippen LogP contribution in [0.15, 0.2) is 37.0 Å². The number of hydrogen-bond acceptors (Lipinski definition) is 2. The minimum atomic E-state index is 0.161. The maximum Gasteiger partial charge on any atom is 0.0843 e. The van der Waals surface area contributed by atoms with Gasteiger partial charge in [-0.15, -0.1) is 11.3 Å². The Balaban J connectivity index is 2.41. The molecule has 0 aliphatic carbocycles. The van der Waals surface area contributed by atoms with E-state index in [9.17, 15) is 0 Å². The van der Waals surface area contributed by atoms with Gasteiger partial charge >= 0.3 is 0 Å². The number of thiophene rings is 1. The zero-order chi connectivity index (χ0) is 14.7. The molecule has 1 aromatic carbocycles. The first-order valence-electron chi connectivity index (χ1n) is 6.16. The van der Waals surface area contributed by atoms with Gasteiger partial charge in [-0.1, -0.05) is 40.5 Å². The predicted molar refractivity (Wildman–Crippen MR) is 99.0 cm³/mol. The normalized spacial score (nSPS) is 12.7. The summed E-state index contributed by atoms with van der Waals surface area (Å²) in [5, 5.41) is 4.34. The fourth-order valence-corrected chi connectivity index (χ4v) is 4.99. The highest BCUT2D eigenvalue weighted by molar-refractivity contribution is 9.13. The molecule has 2 aromatic rings. The van der Waals surface area contributed by atoms with Crippen molar-refractivity contribution in [2.24, 2.45) is 0 Å². The highest BCUT2D eigenvalue weighted by Crippen LogP contribution is 2.39. The van der Waals surface area contributed by atoms with Crippen molar-refractivity contribution in [3.8, 4) is 0 Å². The Bertz CT molecular complexity index is 581. The van der Waals surface area contributed by atoms with Gasteiger partial charge in [0.25, 0.3) is 0 Å². The van der Waals surface area contributed by atoms with Crippen LogP contribution in [-0.2, 0) is 0 Å². The molecule has 1 unspecified atom stereocenters. The Morgan fingerprint density at radius 3 is 2.50 bits per heavy atom. The van der Waals surface area contributed by atoms with Gasteiger partial charge in [0.2, 0.25) is 0 Å². The topological polar surface area (TPSA) is 12.0 Å². The Hall–Kier alpha value is 0.610. The third-order valence-electron chi connectivity index (χ3n) is 2.82. The molecule has 0 amide bonds. The van der Waals surface area contributed by atoms with Crippen LogP contribution < -0.4 is 5.32 Å². The van der Waals surface area contributed by atoms with E-state index < -0.39 is 0 Å². The van der Waals surface area contributed by atoms with E-state index in [1.54, 1.807) is 11.3 Å². The molecule has 0 spiro atoms. The fraction of sp³-hybridized carbons (Fsp3) is 0.286. The number of hydrogen-bond donors (Lipinski definition) is 1. The molecular weight excluding hydrogens is 489 g/mol. The summed E-state index contributed by atoms with van der Waals surface area (Å²) in [6.07, 6.45) is 1.09. The van der Waals surface area contributed by atoms with E-state index in [0.29, 0.717) is 0 Å². The number of halogens is 4. The van der Waals surface area contributed by atoms with E-state index in [-0.39, 0.29) is 6.04 Å². The third-order valence-corrected chi connectivity index (χ3v) is 7.06. The highest BCUT2D eigenvalue weighted by atomic mass is 79.9. The van der Waals surface area contributed by atoms with E-state index in [1.807, 2.05) is 12.1 Å². The van der Waals surface area contributed by atoms with Crippen molar-refractivity contribution in [1.29, 1.82) is 0 Å². The molecule has 1 nitrogen and oxygen atoms in total. The zero-order valence-electron chi connectivity index (χ0n) is 10.7. The monoisotopic (exact) mass is 499 g/mol. The summed E-state index contributed by atoms with van der Waals surface area (Å²) in [5.74, 6) is 0. The standard InChI is InChI=1S/C14H13Br3ClNS/c1-2-5-19-13(12-7-11(16)14(17)20-12)9-4-3-8(18)6-10(9)15/h3-4,6-7,13,19H,2,5H2,1H3. The first-order chi connectivity index (χ1) is 9.52. The van der Waals surface area contributed by atoms with Crippen LogP contribution in [0, 0.1) is 0 Å². The van der Waals surface area contributed by atoms with Gasteiger partial charge in [0.15, 0.2) is 0 Å². The second kappa shape index (κ2) is 7.75. The third kappa shape index (κ3) is 4.08. The summed E-state index contributed by atoms with van der Waals surface area (Å²) in [4.78, 5) is 1.26. The Morgan fingerprint density at radius 2 is 1.95 bits per heavy atom. The van der Waals surface area contributed by atoms with Crippen molar-refractivity contribution in [2.75, 3.05) is 6.54 Å². The summed E-state index contributed by atoms with van der Waals surface area (Å²) in [6.45, 7) is 3.13. The van der Waals surface area contributed by atoms with Gasteiger partial charge in [-0.25, -0.2) is 0 Å². The second-order valence-electron chi connectivity index (χ2n) is 4.32. The summed E-state index contributed by atoms with van der Waals surface area (Å²) < 4.78 is 3.23. The summed E-state index contributed by atoms with van der Waals surface area (Å²) in [5.41, 5.74) is 1.20. The molecule has 0 saturated carbocycles. The second-order valence-corrected chi connectivity index (χ2v) is 8.87. The van der Waals surface area contributed by atoms with Crippen molar-refractivity contribution >= 4 is 70.7 Å². The maximum atomic E-state index is 6.04. The molecule has 6 heteroatoms. The molecule has 1 aromatic heterocycles. The van der Waals surface area contributed by atoms with Crippen LogP contribution in [0.3, 0.4) is 0 Å². The van der Waals surface area contributed by atoms with E-state index in [0.717, 1.165) is 30.7 Å². The molecular formula is C14H13Br3ClNS. The highest BCUT2D eigenvalue weighted by Gasteiger charge is 2.19. The van der Waals surface area contributed by atoms with Gasteiger partial charge in [0.1, 0.15) is 0 Å². The molecule has 2 rings (SSSR count). The first kappa shape index (κ1) is 17.0. The summed E-state index contributed by atoms with van der Waals surface area (Å²) in [7, 11) is 0. The van der Waals surface area contributed by atoms with Crippen molar-refractivity contribution in [2.45, 2.75) is 19.4 Å². The lowest BCUT2D eigenvalue weighted by atomic mass is 10.1. The predicted octanol–water partition coefficient (Wildman–Crippen LogP) is 6.78. The number of rotatable bonds is 5. The molecule has 1 heterocycles. The van der Waals surface area contributed by atoms with Crippen LogP contribution in [0.25, 0.3) is 0 Å². The lowest BCUT2D eigenvalue weighted by Crippen LogP contribution is -2.22. The van der Waals surface area contributed by atoms with Crippen LogP contribution in [0.4, 0.5) is 0 Å². The van der Waals surface area contributed by atoms with Crippen LogP contribution >= 0.6 is 70.7 Å². The minimum Gasteiger partial charge on any atom is -0.306 e. The number of benzene rings is 1. The maximum absolute atomic E-state index is 6.04. The molecule has 108 valence electrons. The molecule has 0 bridgehead atoms. The van der Waals surface area contributed by atoms with E-state index in [4.69, 9.17) is 11.6 Å². The molecule has 1 N–H and O–H groups in total. The van der Waals surface area contributed by atoms with Crippen molar-refractivity contribution in [1.82, 2.24) is 5.32 Å². The Kier molecular flexibility index (Phi) is 6.57. The van der Waals surface area contributed by atoms with Crippen LogP contribution in [0.5, 0.6) is 0 Å². The van der Waals surface area contributed by atoms with Gasteiger partial charge in [-0.2, -0.15) is 0 Å². The lowest BCUT2D eigenvalue weighted by molar-refractivity contribution is 0.604. The zero-order valence-corrected chi connectivity index (χ0v) is 17.1. The van der Waals surface area contributed by atoms with Crippen molar-refractivity contribution in [3.05, 3.63) is 52.5 Å². The molecule has 0 radical (unpaired) electrons. The molecule has 1 atom stereocenters. The van der Waals surface area contributed by atoms with Gasteiger partial charge in [0.05, 0.1) is 9.83 Å². The van der Waals surface area contributed by atoms with E-state index in [1.165, 1.54) is 10.4 Å². The molecule has 0 aliphatic rings. The summed E-state index contributed by atoms with van der Waals surface area (Å²) >= 11 is 18.5. The SMILES string of the molecule is CCCNC(c1cc(Br)c(Br)s1)c1ccc(Cl)cc1Br. The largest absolute Gasteiger partial charge is 0.306 e. The average Bonchev–Trinajstić information content (AvgIpc) is 2.72. The molecule has 0 aliphatic heterocycles. The lowest BCUT2D eigenvalue weighted by Gasteiger charge is -2.19.